The maximum absolute atomic E-state index is 14.5. The van der Waals surface area contributed by atoms with Crippen molar-refractivity contribution in [3.8, 4) is 22.8 Å². The Balaban J connectivity index is 1.50. The number of amides is 4. The van der Waals surface area contributed by atoms with Crippen LogP contribution < -0.4 is 24.8 Å². The van der Waals surface area contributed by atoms with Gasteiger partial charge < -0.3 is 29.7 Å². The summed E-state index contributed by atoms with van der Waals surface area (Å²) in [6, 6.07) is 11.7. The van der Waals surface area contributed by atoms with E-state index in [1.54, 1.807) is 65.8 Å². The summed E-state index contributed by atoms with van der Waals surface area (Å²) in [5.74, 6) is -2.09. The van der Waals surface area contributed by atoms with Gasteiger partial charge in [0.2, 0.25) is 28.3 Å². The van der Waals surface area contributed by atoms with E-state index in [0.717, 1.165) is 5.56 Å². The van der Waals surface area contributed by atoms with Gasteiger partial charge in [-0.25, -0.2) is 27.0 Å². The van der Waals surface area contributed by atoms with Crippen molar-refractivity contribution in [2.45, 2.75) is 109 Å². The van der Waals surface area contributed by atoms with Gasteiger partial charge in [0.25, 0.3) is 5.91 Å². The number of benzene rings is 2. The normalized spacial score (nSPS) is 18.6. The lowest BCUT2D eigenvalue weighted by Crippen LogP contribution is -2.59. The monoisotopic (exact) mass is 801 g/mol. The lowest BCUT2D eigenvalue weighted by atomic mass is 9.85. The lowest BCUT2D eigenvalue weighted by molar-refractivity contribution is -0.142. The summed E-state index contributed by atoms with van der Waals surface area (Å²) in [7, 11) is -2.61. The van der Waals surface area contributed by atoms with Crippen molar-refractivity contribution in [1.82, 2.24) is 25.2 Å². The Labute approximate surface area is 325 Å². The van der Waals surface area contributed by atoms with Crippen LogP contribution in [0.5, 0.6) is 11.5 Å². The molecule has 2 fully saturated rings. The van der Waals surface area contributed by atoms with E-state index in [0.29, 0.717) is 40.9 Å². The Morgan fingerprint density at radius 2 is 1.64 bits per heavy atom. The van der Waals surface area contributed by atoms with E-state index in [1.165, 1.54) is 12.0 Å². The molecule has 1 aromatic heterocycles. The molecule has 56 heavy (non-hydrogen) atoms. The molecule has 0 radical (unpaired) electrons. The summed E-state index contributed by atoms with van der Waals surface area (Å²) >= 11 is 0. The van der Waals surface area contributed by atoms with Crippen LogP contribution in [0.4, 0.5) is 13.6 Å². The van der Waals surface area contributed by atoms with Gasteiger partial charge >= 0.3 is 6.09 Å². The first kappa shape index (κ1) is 42.1. The molecule has 14 nitrogen and oxygen atoms in total. The SMILES string of the molecule is COc1ccc2c(O[C@@H]3C[C@@H](C(=O)N[C@@H](CC(F)F)C(=O)NS(=O)(=O)C4CC4)N(C(=O)[C@@H](NC(=O)OC(C)(C)C)C(C)(C)C)C3)cc(-c3ccccc3)nc2c1. The number of ether oxygens (including phenoxy) is 3. The zero-order valence-electron chi connectivity index (χ0n) is 32.4. The molecule has 4 atom stereocenters. The minimum absolute atomic E-state index is 0.162. The molecule has 1 aliphatic heterocycles. The van der Waals surface area contributed by atoms with Gasteiger partial charge in [-0.05, 0) is 51.2 Å². The molecule has 2 aromatic carbocycles. The molecule has 2 aliphatic rings. The third-order valence-corrected chi connectivity index (χ3v) is 11.1. The first-order valence-corrected chi connectivity index (χ1v) is 19.8. The molecule has 1 saturated heterocycles. The summed E-state index contributed by atoms with van der Waals surface area (Å²) in [6.07, 6.45) is -5.55. The minimum Gasteiger partial charge on any atom is -0.497 e. The highest BCUT2D eigenvalue weighted by Crippen LogP contribution is 2.35. The molecule has 304 valence electrons. The maximum Gasteiger partial charge on any atom is 0.408 e. The molecular formula is C39H49F2N5O9S. The predicted octanol–water partition coefficient (Wildman–Crippen LogP) is 4.95. The Hall–Kier alpha value is -5.06. The lowest BCUT2D eigenvalue weighted by Gasteiger charge is -2.35. The number of fused-ring (bicyclic) bond motifs is 1. The zero-order valence-corrected chi connectivity index (χ0v) is 33.2. The van der Waals surface area contributed by atoms with Crippen molar-refractivity contribution < 1.29 is 50.6 Å². The van der Waals surface area contributed by atoms with Crippen molar-refractivity contribution in [2.24, 2.45) is 5.41 Å². The van der Waals surface area contributed by atoms with E-state index in [9.17, 15) is 36.4 Å². The summed E-state index contributed by atoms with van der Waals surface area (Å²) in [5.41, 5.74) is 0.0770. The quantitative estimate of drug-likeness (QED) is 0.214. The summed E-state index contributed by atoms with van der Waals surface area (Å²) in [5, 5.41) is 4.68. The van der Waals surface area contributed by atoms with Crippen LogP contribution in [0.2, 0.25) is 0 Å². The molecule has 0 unspecified atom stereocenters. The van der Waals surface area contributed by atoms with E-state index >= 15 is 0 Å². The van der Waals surface area contributed by atoms with Crippen LogP contribution in [0.25, 0.3) is 22.2 Å². The van der Waals surface area contributed by atoms with Gasteiger partial charge in [0, 0.05) is 35.9 Å². The molecule has 3 N–H and O–H groups in total. The number of nitrogens with zero attached hydrogens (tertiary/aromatic N) is 2. The fraction of sp³-hybridized carbons (Fsp3) is 0.513. The van der Waals surface area contributed by atoms with Crippen molar-refractivity contribution in [3.63, 3.8) is 0 Å². The number of hydrogen-bond donors (Lipinski definition) is 3. The van der Waals surface area contributed by atoms with Crippen molar-refractivity contribution >= 4 is 44.7 Å². The van der Waals surface area contributed by atoms with Gasteiger partial charge in [-0.2, -0.15) is 0 Å². The molecule has 17 heteroatoms. The summed E-state index contributed by atoms with van der Waals surface area (Å²) in [6.45, 7) is 9.91. The van der Waals surface area contributed by atoms with Gasteiger partial charge in [-0.1, -0.05) is 51.1 Å². The highest BCUT2D eigenvalue weighted by Gasteiger charge is 2.47. The second-order valence-electron chi connectivity index (χ2n) is 16.1. The largest absolute Gasteiger partial charge is 0.497 e. The number of likely N-dealkylation sites (tertiary alicyclic amines) is 1. The first-order valence-electron chi connectivity index (χ1n) is 18.3. The number of rotatable bonds is 13. The molecular weight excluding hydrogens is 753 g/mol. The van der Waals surface area contributed by atoms with Crippen LogP contribution in [-0.2, 0) is 29.1 Å². The average Bonchev–Trinajstić information content (AvgIpc) is 3.89. The van der Waals surface area contributed by atoms with Crippen molar-refractivity contribution in [3.05, 3.63) is 54.6 Å². The topological polar surface area (TPSA) is 182 Å². The van der Waals surface area contributed by atoms with Crippen LogP contribution in [0.3, 0.4) is 0 Å². The Morgan fingerprint density at radius 1 is 0.964 bits per heavy atom. The minimum atomic E-state index is -4.13. The van der Waals surface area contributed by atoms with Crippen LogP contribution >= 0.6 is 0 Å². The van der Waals surface area contributed by atoms with Gasteiger partial charge in [-0.15, -0.1) is 0 Å². The molecule has 5 rings (SSSR count). The highest BCUT2D eigenvalue weighted by atomic mass is 32.2. The molecule has 2 heterocycles. The number of sulfonamides is 1. The number of carbonyl (C=O) groups is 4. The van der Waals surface area contributed by atoms with E-state index in [-0.39, 0.29) is 13.0 Å². The van der Waals surface area contributed by atoms with Crippen LogP contribution in [0.15, 0.2) is 54.6 Å². The van der Waals surface area contributed by atoms with Gasteiger partial charge in [0.1, 0.15) is 41.3 Å². The van der Waals surface area contributed by atoms with Gasteiger partial charge in [-0.3, -0.25) is 19.1 Å². The van der Waals surface area contributed by atoms with E-state index in [4.69, 9.17) is 19.2 Å². The average molecular weight is 802 g/mol. The standard InChI is InChI=1S/C39H49F2N5O9S/c1-38(2,3)33(44-37(50)55-39(4,5)6)36(49)46-21-24(18-30(46)35(48)43-29(20-32(40)41)34(47)45-56(51,52)25-14-15-25)54-31-19-27(22-11-9-8-10-12-22)42-28-17-23(53-7)13-16-26(28)31/h8-13,16-17,19,24-25,29-30,32-33H,14-15,18,20-21H2,1-7H3,(H,43,48)(H,44,50)(H,45,47)/t24-,29+,30+,33-/m1/s1. The summed E-state index contributed by atoms with van der Waals surface area (Å²) in [4.78, 5) is 60.6. The van der Waals surface area contributed by atoms with Crippen LogP contribution in [0.1, 0.15) is 67.2 Å². The molecule has 0 spiro atoms. The Bertz CT molecular complexity index is 2050. The predicted molar refractivity (Wildman–Crippen MR) is 204 cm³/mol. The van der Waals surface area contributed by atoms with Crippen LogP contribution in [-0.4, -0.2) is 97.3 Å². The van der Waals surface area contributed by atoms with E-state index < -0.39 is 87.2 Å². The Kier molecular flexibility index (Phi) is 12.5. The second-order valence-corrected chi connectivity index (χ2v) is 18.0. The first-order chi connectivity index (χ1) is 26.1. The molecule has 3 aromatic rings. The molecule has 4 amide bonds. The number of hydrogen-bond acceptors (Lipinski definition) is 10. The van der Waals surface area contributed by atoms with E-state index in [1.807, 2.05) is 35.1 Å². The number of carbonyl (C=O) groups excluding carboxylic acids is 4. The number of methoxy groups -OCH3 is 1. The fourth-order valence-corrected chi connectivity index (χ4v) is 7.65. The highest BCUT2D eigenvalue weighted by molar-refractivity contribution is 7.90. The number of nitrogens with one attached hydrogen (secondary N) is 3. The summed E-state index contributed by atoms with van der Waals surface area (Å²) < 4.78 is 71.8. The number of pyridine rings is 1. The van der Waals surface area contributed by atoms with E-state index in [2.05, 4.69) is 10.6 Å². The van der Waals surface area contributed by atoms with Crippen LogP contribution in [0, 0.1) is 5.41 Å². The zero-order chi connectivity index (χ0) is 41.2. The number of halogens is 2. The third kappa shape index (κ3) is 10.6. The molecule has 0 bridgehead atoms. The third-order valence-electron chi connectivity index (χ3n) is 9.22. The van der Waals surface area contributed by atoms with Crippen molar-refractivity contribution in [2.75, 3.05) is 13.7 Å². The smallest absolute Gasteiger partial charge is 0.408 e. The number of alkyl carbamates (subject to hydrolysis) is 1. The number of alkyl halides is 2. The van der Waals surface area contributed by atoms with Gasteiger partial charge in [0.05, 0.1) is 30.1 Å². The number of aromatic nitrogens is 1. The molecule has 1 aliphatic carbocycles. The van der Waals surface area contributed by atoms with Crippen molar-refractivity contribution in [1.29, 1.82) is 0 Å². The molecule has 1 saturated carbocycles. The Morgan fingerprint density at radius 3 is 2.23 bits per heavy atom. The maximum atomic E-state index is 14.5. The second kappa shape index (κ2) is 16.6. The van der Waals surface area contributed by atoms with Gasteiger partial charge in [0.15, 0.2) is 0 Å². The fourth-order valence-electron chi connectivity index (χ4n) is 6.30.